The number of hydrogen-bond donors (Lipinski definition) is 1. The molecule has 0 amide bonds. The van der Waals surface area contributed by atoms with Gasteiger partial charge in [-0.05, 0) is 51.4 Å². The molecule has 0 unspecified atom stereocenters. The van der Waals surface area contributed by atoms with Crippen molar-refractivity contribution in [3.05, 3.63) is 12.3 Å². The molecule has 0 radical (unpaired) electrons. The minimum atomic E-state index is -0.842. The van der Waals surface area contributed by atoms with Crippen LogP contribution in [-0.4, -0.2) is 11.7 Å². The Bertz CT molecular complexity index is 284. The van der Waals surface area contributed by atoms with Crippen LogP contribution in [0.25, 0.3) is 0 Å². The van der Waals surface area contributed by atoms with Gasteiger partial charge in [-0.15, -0.1) is 0 Å². The number of fused-ring (bicyclic) bond motifs is 3. The summed E-state index contributed by atoms with van der Waals surface area (Å²) in [5.74, 6) is 0.607. The molecule has 3 aliphatic carbocycles. The molecule has 2 bridgehead atoms. The molecule has 0 aromatic rings. The maximum Gasteiger partial charge on any atom is 0.111 e. The molecule has 3 rings (SSSR count). The Morgan fingerprint density at radius 1 is 1.06 bits per heavy atom. The van der Waals surface area contributed by atoms with Crippen molar-refractivity contribution in [1.82, 2.24) is 5.32 Å². The third-order valence-electron chi connectivity index (χ3n) is 5.20. The lowest BCUT2D eigenvalue weighted by Gasteiger charge is -2.51. The molecule has 17 heavy (non-hydrogen) atoms. The molecule has 0 aromatic heterocycles. The summed E-state index contributed by atoms with van der Waals surface area (Å²) in [6, 6.07) is 0.455. The van der Waals surface area contributed by atoms with E-state index in [1.54, 1.807) is 0 Å². The summed E-state index contributed by atoms with van der Waals surface area (Å²) in [6.45, 7) is 10.9. The average molecular weight is 239 g/mol. The predicted octanol–water partition coefficient (Wildman–Crippen LogP) is 4.20. The quantitative estimate of drug-likeness (QED) is 0.775. The van der Waals surface area contributed by atoms with Gasteiger partial charge in [-0.25, -0.2) is 4.39 Å². The van der Waals surface area contributed by atoms with E-state index in [2.05, 4.69) is 32.7 Å². The van der Waals surface area contributed by atoms with Gasteiger partial charge in [0.15, 0.2) is 0 Å². The summed E-state index contributed by atoms with van der Waals surface area (Å²) in [4.78, 5) is 0. The standard InChI is InChI=1S/C15H26FN/c1-11(2)12(3)17-13(4)14-5-8-15(16,9-6-14)10-7-14/h11-12,17H,4-10H2,1-3H3/t12-,14?,15?/m1/s1. The summed E-state index contributed by atoms with van der Waals surface area (Å²) >= 11 is 0. The van der Waals surface area contributed by atoms with E-state index in [4.69, 9.17) is 0 Å². The lowest BCUT2D eigenvalue weighted by atomic mass is 9.58. The molecule has 0 aliphatic heterocycles. The van der Waals surface area contributed by atoms with Crippen molar-refractivity contribution in [1.29, 1.82) is 0 Å². The number of allylic oxidation sites excluding steroid dienone is 1. The van der Waals surface area contributed by atoms with Gasteiger partial charge in [-0.2, -0.15) is 0 Å². The van der Waals surface area contributed by atoms with Crippen molar-refractivity contribution in [2.45, 2.75) is 71.0 Å². The molecule has 1 N–H and O–H groups in total. The van der Waals surface area contributed by atoms with Crippen LogP contribution in [-0.2, 0) is 0 Å². The van der Waals surface area contributed by atoms with Gasteiger partial charge in [0, 0.05) is 17.2 Å². The van der Waals surface area contributed by atoms with Crippen LogP contribution in [0.4, 0.5) is 4.39 Å². The molecule has 3 fully saturated rings. The van der Waals surface area contributed by atoms with E-state index in [1.807, 2.05) is 0 Å². The molecule has 1 atom stereocenters. The van der Waals surface area contributed by atoms with Gasteiger partial charge in [0.1, 0.15) is 5.67 Å². The molecular formula is C15H26FN. The maximum absolute atomic E-state index is 14.1. The molecule has 3 saturated carbocycles. The minimum Gasteiger partial charge on any atom is -0.386 e. The highest BCUT2D eigenvalue weighted by Gasteiger charge is 2.50. The van der Waals surface area contributed by atoms with Gasteiger partial charge in [-0.1, -0.05) is 20.4 Å². The Kier molecular flexibility index (Phi) is 3.26. The molecule has 2 heteroatoms. The summed E-state index contributed by atoms with van der Waals surface area (Å²) in [7, 11) is 0. The van der Waals surface area contributed by atoms with E-state index in [1.165, 1.54) is 5.70 Å². The van der Waals surface area contributed by atoms with Gasteiger partial charge >= 0.3 is 0 Å². The number of rotatable bonds is 4. The van der Waals surface area contributed by atoms with Crippen LogP contribution in [0.3, 0.4) is 0 Å². The third kappa shape index (κ3) is 2.36. The van der Waals surface area contributed by atoms with E-state index < -0.39 is 5.67 Å². The molecular weight excluding hydrogens is 213 g/mol. The van der Waals surface area contributed by atoms with E-state index in [9.17, 15) is 4.39 Å². The van der Waals surface area contributed by atoms with Gasteiger partial charge in [0.2, 0.25) is 0 Å². The van der Waals surface area contributed by atoms with Crippen LogP contribution in [0.2, 0.25) is 0 Å². The molecule has 0 spiro atoms. The molecule has 0 aromatic carbocycles. The number of hydrogen-bond acceptors (Lipinski definition) is 1. The Morgan fingerprint density at radius 2 is 1.53 bits per heavy atom. The Labute approximate surface area is 105 Å². The van der Waals surface area contributed by atoms with Gasteiger partial charge in [0.05, 0.1) is 0 Å². The van der Waals surface area contributed by atoms with Gasteiger partial charge in [0.25, 0.3) is 0 Å². The van der Waals surface area contributed by atoms with Crippen LogP contribution in [0.15, 0.2) is 12.3 Å². The van der Waals surface area contributed by atoms with Gasteiger partial charge < -0.3 is 5.32 Å². The van der Waals surface area contributed by atoms with Crippen molar-refractivity contribution >= 4 is 0 Å². The second kappa shape index (κ2) is 4.29. The van der Waals surface area contributed by atoms with Crippen molar-refractivity contribution < 1.29 is 4.39 Å². The number of alkyl halides is 1. The lowest BCUT2D eigenvalue weighted by Crippen LogP contribution is -2.48. The smallest absolute Gasteiger partial charge is 0.111 e. The largest absolute Gasteiger partial charge is 0.386 e. The fraction of sp³-hybridized carbons (Fsp3) is 0.867. The van der Waals surface area contributed by atoms with Crippen molar-refractivity contribution in [3.63, 3.8) is 0 Å². The first kappa shape index (κ1) is 12.9. The normalized spacial score (nSPS) is 38.2. The zero-order valence-corrected chi connectivity index (χ0v) is 11.5. The predicted molar refractivity (Wildman–Crippen MR) is 70.5 cm³/mol. The van der Waals surface area contributed by atoms with E-state index >= 15 is 0 Å². The number of halogens is 1. The minimum absolute atomic E-state index is 0.191. The van der Waals surface area contributed by atoms with Crippen molar-refractivity contribution in [3.8, 4) is 0 Å². The van der Waals surface area contributed by atoms with E-state index in [0.29, 0.717) is 12.0 Å². The summed E-state index contributed by atoms with van der Waals surface area (Å²) in [6.07, 6.45) is 5.18. The first-order chi connectivity index (χ1) is 7.87. The van der Waals surface area contributed by atoms with Crippen LogP contribution >= 0.6 is 0 Å². The Hall–Kier alpha value is -0.530. The fourth-order valence-corrected chi connectivity index (χ4v) is 3.19. The zero-order chi connectivity index (χ0) is 12.7. The monoisotopic (exact) mass is 239 g/mol. The fourth-order valence-electron chi connectivity index (χ4n) is 3.19. The topological polar surface area (TPSA) is 12.0 Å². The second-order valence-corrected chi connectivity index (χ2v) is 6.59. The summed E-state index contributed by atoms with van der Waals surface area (Å²) in [5.41, 5.74) is 0.517. The first-order valence-electron chi connectivity index (χ1n) is 7.02. The van der Waals surface area contributed by atoms with Crippen LogP contribution in [0, 0.1) is 11.3 Å². The average Bonchev–Trinajstić information content (AvgIpc) is 2.30. The molecule has 98 valence electrons. The highest BCUT2D eigenvalue weighted by molar-refractivity contribution is 5.16. The molecule has 0 heterocycles. The van der Waals surface area contributed by atoms with E-state index in [0.717, 1.165) is 38.5 Å². The van der Waals surface area contributed by atoms with Crippen molar-refractivity contribution in [2.24, 2.45) is 11.3 Å². The second-order valence-electron chi connectivity index (χ2n) is 6.59. The zero-order valence-electron chi connectivity index (χ0n) is 11.5. The summed E-state index contributed by atoms with van der Waals surface area (Å²) < 4.78 is 14.1. The maximum atomic E-state index is 14.1. The SMILES string of the molecule is C=C(N[C@H](C)C(C)C)C12CCC(F)(CC1)CC2. The Balaban J connectivity index is 2.00. The van der Waals surface area contributed by atoms with Gasteiger partial charge in [-0.3, -0.25) is 0 Å². The first-order valence-corrected chi connectivity index (χ1v) is 7.02. The third-order valence-corrected chi connectivity index (χ3v) is 5.20. The van der Waals surface area contributed by atoms with Crippen molar-refractivity contribution in [2.75, 3.05) is 0 Å². The molecule has 3 aliphatic rings. The van der Waals surface area contributed by atoms with Crippen LogP contribution in [0.5, 0.6) is 0 Å². The Morgan fingerprint density at radius 3 is 1.94 bits per heavy atom. The van der Waals surface area contributed by atoms with Crippen LogP contribution in [0.1, 0.15) is 59.3 Å². The highest BCUT2D eigenvalue weighted by Crippen LogP contribution is 2.56. The highest BCUT2D eigenvalue weighted by atomic mass is 19.1. The number of nitrogens with one attached hydrogen (secondary N) is 1. The van der Waals surface area contributed by atoms with Crippen LogP contribution < -0.4 is 5.32 Å². The van der Waals surface area contributed by atoms with E-state index in [-0.39, 0.29) is 5.41 Å². The molecule has 0 saturated heterocycles. The molecule has 1 nitrogen and oxygen atoms in total. The summed E-state index contributed by atoms with van der Waals surface area (Å²) in [5, 5.41) is 3.56. The lowest BCUT2D eigenvalue weighted by molar-refractivity contribution is -0.0195.